The first kappa shape index (κ1) is 31.8. The van der Waals surface area contributed by atoms with E-state index in [-0.39, 0.29) is 24.0 Å². The van der Waals surface area contributed by atoms with Gasteiger partial charge in [0.2, 0.25) is 5.95 Å². The molecule has 1 amide bonds. The van der Waals surface area contributed by atoms with Crippen LogP contribution in [0.4, 0.5) is 38.0 Å². The molecule has 0 spiro atoms. The Hall–Kier alpha value is -4.13. The van der Waals surface area contributed by atoms with Crippen LogP contribution in [0.3, 0.4) is 0 Å². The number of likely N-dealkylation sites (tertiary alicyclic amines) is 1. The monoisotopic (exact) mass is 645 g/mol. The molecule has 1 aliphatic heterocycles. The van der Waals surface area contributed by atoms with Gasteiger partial charge in [0.25, 0.3) is 5.91 Å². The molecule has 2 aliphatic rings. The highest BCUT2D eigenvalue weighted by Gasteiger charge is 2.37. The summed E-state index contributed by atoms with van der Waals surface area (Å²) in [6.07, 6.45) is -2.62. The molecule has 13 heteroatoms. The number of piperidine rings is 1. The summed E-state index contributed by atoms with van der Waals surface area (Å²) < 4.78 is 82.6. The molecule has 244 valence electrons. The number of aromatic nitrogens is 3. The fourth-order valence-electron chi connectivity index (χ4n) is 6.28. The number of amides is 1. The number of nitrogens with zero attached hydrogens (tertiary/aromatic N) is 4. The summed E-state index contributed by atoms with van der Waals surface area (Å²) in [6.45, 7) is 3.62. The highest BCUT2D eigenvalue weighted by atomic mass is 19.4. The average Bonchev–Trinajstić information content (AvgIpc) is 3.39. The number of carbonyl (C=O) groups is 1. The van der Waals surface area contributed by atoms with Crippen molar-refractivity contribution < 1.29 is 36.2 Å². The van der Waals surface area contributed by atoms with Gasteiger partial charge < -0.3 is 19.9 Å². The van der Waals surface area contributed by atoms with Crippen LogP contribution in [-0.2, 0) is 12.4 Å². The number of halogens is 6. The topological polar surface area (TPSA) is 83.3 Å². The molecule has 3 heterocycles. The third-order valence-electron chi connectivity index (χ3n) is 8.99. The van der Waals surface area contributed by atoms with E-state index in [1.165, 1.54) is 6.20 Å². The van der Waals surface area contributed by atoms with Gasteiger partial charge >= 0.3 is 12.4 Å². The van der Waals surface area contributed by atoms with E-state index in [2.05, 4.69) is 22.2 Å². The molecule has 0 atom stereocenters. The second-order valence-electron chi connectivity index (χ2n) is 12.3. The molecule has 1 aliphatic carbocycles. The van der Waals surface area contributed by atoms with Crippen molar-refractivity contribution in [2.75, 3.05) is 18.4 Å². The molecule has 7 nitrogen and oxygen atoms in total. The minimum Gasteiger partial charge on any atom is -0.393 e. The lowest BCUT2D eigenvalue weighted by Crippen LogP contribution is -2.37. The predicted octanol–water partition coefficient (Wildman–Crippen LogP) is 8.23. The predicted molar refractivity (Wildman–Crippen MR) is 161 cm³/mol. The van der Waals surface area contributed by atoms with Gasteiger partial charge in [0.1, 0.15) is 5.65 Å². The molecule has 0 bridgehead atoms. The second-order valence-corrected chi connectivity index (χ2v) is 12.3. The Bertz CT molecular complexity index is 1690. The number of nitrogens with one attached hydrogen (secondary N) is 1. The Kier molecular flexibility index (Phi) is 8.47. The first-order chi connectivity index (χ1) is 21.8. The first-order valence-corrected chi connectivity index (χ1v) is 15.3. The van der Waals surface area contributed by atoms with Gasteiger partial charge in [0, 0.05) is 53.7 Å². The fraction of sp³-hybridized carbons (Fsp3) is 0.424. The standard InChI is InChI=1S/C33H33F6N5O2/c1-19-10-12-43(13-11-19)30(46)21-4-2-20(3-5-21)28-18-44(25-6-8-26(45)9-7-25)29-27(28)17-40-31(42-29)41-24-15-22(32(34,35)36)14-23(16-24)33(37,38)39/h2-5,14-19,25-26,45H,6-13H2,1H3,(H,40,41,42)/t25-,26-. The summed E-state index contributed by atoms with van der Waals surface area (Å²) in [5, 5.41) is 13.2. The van der Waals surface area contributed by atoms with Crippen molar-refractivity contribution >= 4 is 28.6 Å². The molecule has 1 saturated carbocycles. The van der Waals surface area contributed by atoms with E-state index in [0.29, 0.717) is 60.3 Å². The maximum absolute atomic E-state index is 13.4. The summed E-state index contributed by atoms with van der Waals surface area (Å²) in [5.74, 6) is 0.402. The van der Waals surface area contributed by atoms with Crippen molar-refractivity contribution in [3.8, 4) is 11.1 Å². The zero-order chi connectivity index (χ0) is 32.8. The Morgan fingerprint density at radius 3 is 2.09 bits per heavy atom. The van der Waals surface area contributed by atoms with Gasteiger partial charge in [-0.15, -0.1) is 0 Å². The van der Waals surface area contributed by atoms with Crippen LogP contribution in [0.25, 0.3) is 22.2 Å². The number of benzene rings is 2. The molecule has 0 unspecified atom stereocenters. The highest BCUT2D eigenvalue weighted by Crippen LogP contribution is 2.40. The van der Waals surface area contributed by atoms with E-state index in [0.717, 1.165) is 37.1 Å². The molecule has 4 aromatic rings. The molecular weight excluding hydrogens is 612 g/mol. The molecule has 2 aromatic carbocycles. The summed E-state index contributed by atoms with van der Waals surface area (Å²) in [7, 11) is 0. The van der Waals surface area contributed by atoms with Crippen molar-refractivity contribution in [2.45, 2.75) is 69.9 Å². The van der Waals surface area contributed by atoms with Gasteiger partial charge in [-0.1, -0.05) is 19.1 Å². The number of hydrogen-bond acceptors (Lipinski definition) is 5. The number of alkyl halides is 6. The Morgan fingerprint density at radius 2 is 1.50 bits per heavy atom. The van der Waals surface area contributed by atoms with Gasteiger partial charge in [0.15, 0.2) is 0 Å². The number of carbonyl (C=O) groups excluding carboxylic acids is 1. The minimum atomic E-state index is -5.00. The molecule has 46 heavy (non-hydrogen) atoms. The quantitative estimate of drug-likeness (QED) is 0.214. The third kappa shape index (κ3) is 6.69. The van der Waals surface area contributed by atoms with Crippen LogP contribution < -0.4 is 5.32 Å². The fourth-order valence-corrected chi connectivity index (χ4v) is 6.28. The number of aliphatic hydroxyl groups is 1. The molecular formula is C33H33F6N5O2. The Balaban J connectivity index is 1.35. The maximum Gasteiger partial charge on any atom is 0.416 e. The largest absolute Gasteiger partial charge is 0.416 e. The van der Waals surface area contributed by atoms with Crippen molar-refractivity contribution in [2.24, 2.45) is 5.92 Å². The van der Waals surface area contributed by atoms with Gasteiger partial charge in [0.05, 0.1) is 17.2 Å². The van der Waals surface area contributed by atoms with Crippen LogP contribution in [0.2, 0.25) is 0 Å². The van der Waals surface area contributed by atoms with E-state index < -0.39 is 35.3 Å². The summed E-state index contributed by atoms with van der Waals surface area (Å²) >= 11 is 0. The molecule has 0 radical (unpaired) electrons. The molecule has 2 aromatic heterocycles. The van der Waals surface area contributed by atoms with Gasteiger partial charge in [-0.3, -0.25) is 4.79 Å². The molecule has 1 saturated heterocycles. The van der Waals surface area contributed by atoms with Crippen LogP contribution in [0.5, 0.6) is 0 Å². The Labute approximate surface area is 261 Å². The van der Waals surface area contributed by atoms with E-state index in [9.17, 15) is 36.2 Å². The lowest BCUT2D eigenvalue weighted by Gasteiger charge is -2.30. The third-order valence-corrected chi connectivity index (χ3v) is 8.99. The summed E-state index contributed by atoms with van der Waals surface area (Å²) in [5.41, 5.74) is -0.783. The zero-order valence-corrected chi connectivity index (χ0v) is 25.0. The Morgan fingerprint density at radius 1 is 0.891 bits per heavy atom. The summed E-state index contributed by atoms with van der Waals surface area (Å²) in [4.78, 5) is 23.8. The minimum absolute atomic E-state index is 0.0241. The lowest BCUT2D eigenvalue weighted by molar-refractivity contribution is -0.143. The van der Waals surface area contributed by atoms with Gasteiger partial charge in [-0.2, -0.15) is 31.3 Å². The normalized spacial score (nSPS) is 19.9. The van der Waals surface area contributed by atoms with Crippen molar-refractivity contribution in [3.63, 3.8) is 0 Å². The van der Waals surface area contributed by atoms with Gasteiger partial charge in [-0.25, -0.2) is 4.98 Å². The number of rotatable bonds is 5. The molecule has 6 rings (SSSR count). The van der Waals surface area contributed by atoms with Crippen LogP contribution >= 0.6 is 0 Å². The average molecular weight is 646 g/mol. The molecule has 2 fully saturated rings. The number of aliphatic hydroxyl groups excluding tert-OH is 1. The maximum atomic E-state index is 13.4. The van der Waals surface area contributed by atoms with Crippen LogP contribution in [-0.4, -0.2) is 49.6 Å². The number of anilines is 2. The molecule has 2 N–H and O–H groups in total. The SMILES string of the molecule is CC1CCN(C(=O)c2ccc(-c3cn([C@H]4CC[C@H](O)CC4)c4nc(Nc5cc(C(F)(F)F)cc(C(F)(F)F)c5)ncc34)cc2)CC1. The first-order valence-electron chi connectivity index (χ1n) is 15.3. The van der Waals surface area contributed by atoms with E-state index in [1.54, 1.807) is 12.1 Å². The van der Waals surface area contributed by atoms with E-state index >= 15 is 0 Å². The van der Waals surface area contributed by atoms with Crippen molar-refractivity contribution in [1.29, 1.82) is 0 Å². The van der Waals surface area contributed by atoms with Crippen LogP contribution in [0.15, 0.2) is 54.9 Å². The van der Waals surface area contributed by atoms with Gasteiger partial charge in [-0.05, 0) is 80.3 Å². The smallest absolute Gasteiger partial charge is 0.393 e. The zero-order valence-electron chi connectivity index (χ0n) is 25.0. The lowest BCUT2D eigenvalue weighted by atomic mass is 9.93. The highest BCUT2D eigenvalue weighted by molar-refractivity contribution is 5.97. The van der Waals surface area contributed by atoms with Crippen molar-refractivity contribution in [3.05, 3.63) is 71.5 Å². The van der Waals surface area contributed by atoms with Crippen LogP contribution in [0, 0.1) is 5.92 Å². The number of hydrogen-bond donors (Lipinski definition) is 2. The van der Waals surface area contributed by atoms with E-state index in [4.69, 9.17) is 0 Å². The van der Waals surface area contributed by atoms with E-state index in [1.807, 2.05) is 27.8 Å². The van der Waals surface area contributed by atoms with Crippen molar-refractivity contribution in [1.82, 2.24) is 19.4 Å². The van der Waals surface area contributed by atoms with Crippen LogP contribution in [0.1, 0.15) is 73.0 Å². The second kappa shape index (κ2) is 12.2. The summed E-state index contributed by atoms with van der Waals surface area (Å²) in [6, 6.07) is 8.43. The number of fused-ring (bicyclic) bond motifs is 1.